The van der Waals surface area contributed by atoms with Gasteiger partial charge in [-0.25, -0.2) is 0 Å². The van der Waals surface area contributed by atoms with Gasteiger partial charge in [0.05, 0.1) is 5.57 Å². The third kappa shape index (κ3) is 5.11. The minimum Gasteiger partial charge on any atom is -0.511 e. The summed E-state index contributed by atoms with van der Waals surface area (Å²) in [6.45, 7) is 6.90. The summed E-state index contributed by atoms with van der Waals surface area (Å²) in [5.41, 5.74) is 7.23. The number of hydrogen-bond acceptors (Lipinski definition) is 3. The number of nitrogens with zero attached hydrogens (tertiary/aromatic N) is 1. The fraction of sp³-hybridized carbons (Fsp3) is 0.379. The van der Waals surface area contributed by atoms with E-state index >= 15 is 0 Å². The lowest BCUT2D eigenvalue weighted by Crippen LogP contribution is -2.27. The van der Waals surface area contributed by atoms with E-state index in [0.29, 0.717) is 31.4 Å². The van der Waals surface area contributed by atoms with Crippen LogP contribution in [-0.4, -0.2) is 28.1 Å². The summed E-state index contributed by atoms with van der Waals surface area (Å²) in [6, 6.07) is 16.7. The second-order valence-corrected chi connectivity index (χ2v) is 9.22. The van der Waals surface area contributed by atoms with Crippen LogP contribution < -0.4 is 0 Å². The third-order valence-corrected chi connectivity index (χ3v) is 6.71. The number of aliphatic hydroxyl groups excluding tert-OH is 1. The summed E-state index contributed by atoms with van der Waals surface area (Å²) in [5.74, 6) is 0.338. The number of ketones is 1. The molecule has 0 saturated heterocycles. The van der Waals surface area contributed by atoms with Gasteiger partial charge in [-0.1, -0.05) is 55.3 Å². The van der Waals surface area contributed by atoms with Crippen molar-refractivity contribution >= 4 is 22.4 Å². The summed E-state index contributed by atoms with van der Waals surface area (Å²) in [6.07, 6.45) is 4.29. The molecule has 0 bridgehead atoms. The molecule has 1 saturated carbocycles. The molecular weight excluding hydrogens is 408 g/mol. The molecule has 2 aromatic carbocycles. The number of unbranched alkanes of at least 4 members (excludes halogenated alkanes) is 1. The predicted molar refractivity (Wildman–Crippen MR) is 136 cm³/mol. The van der Waals surface area contributed by atoms with Gasteiger partial charge < -0.3 is 10.1 Å². The Labute approximate surface area is 196 Å². The Hall–Kier alpha value is -3.14. The highest BCUT2D eigenvalue weighted by Gasteiger charge is 2.32. The first kappa shape index (κ1) is 23.0. The average molecular weight is 443 g/mol. The summed E-state index contributed by atoms with van der Waals surface area (Å²) in [5, 5.41) is 12.0. The molecule has 2 N–H and O–H groups in total. The van der Waals surface area contributed by atoms with Crippen LogP contribution in [0.1, 0.15) is 67.3 Å². The molecule has 0 radical (unpaired) electrons. The number of allylic oxidation sites excluding steroid dienone is 2. The van der Waals surface area contributed by atoms with E-state index in [-0.39, 0.29) is 17.5 Å². The van der Waals surface area contributed by atoms with Crippen molar-refractivity contribution in [3.8, 4) is 0 Å². The first-order valence-electron chi connectivity index (χ1n) is 12.1. The summed E-state index contributed by atoms with van der Waals surface area (Å²) >= 11 is 0. The molecule has 1 heterocycles. The molecule has 1 atom stereocenters. The second kappa shape index (κ2) is 10.2. The molecule has 0 spiro atoms. The lowest BCUT2D eigenvalue weighted by atomic mass is 9.78. The molecule has 33 heavy (non-hydrogen) atoms. The number of carbonyl (C=O) groups excluding carboxylic acids is 1. The zero-order valence-electron chi connectivity index (χ0n) is 19.9. The van der Waals surface area contributed by atoms with Crippen molar-refractivity contribution in [2.75, 3.05) is 6.54 Å². The van der Waals surface area contributed by atoms with E-state index in [0.717, 1.165) is 36.1 Å². The second-order valence-electron chi connectivity index (χ2n) is 9.22. The van der Waals surface area contributed by atoms with E-state index in [4.69, 9.17) is 4.99 Å². The lowest BCUT2D eigenvalue weighted by Gasteiger charge is -2.26. The van der Waals surface area contributed by atoms with Gasteiger partial charge in [0, 0.05) is 41.7 Å². The number of Topliss-reactive ketones (excluding diaryl/α,β-unsaturated/α-hetero) is 1. The van der Waals surface area contributed by atoms with Crippen molar-refractivity contribution in [2.45, 2.75) is 65.2 Å². The van der Waals surface area contributed by atoms with Gasteiger partial charge in [-0.15, -0.1) is 0 Å². The van der Waals surface area contributed by atoms with Crippen LogP contribution in [-0.2, 0) is 11.2 Å². The number of H-pyrrole nitrogens is 1. The zero-order chi connectivity index (χ0) is 23.4. The van der Waals surface area contributed by atoms with Crippen molar-refractivity contribution in [1.29, 1.82) is 0 Å². The first-order chi connectivity index (χ1) is 16.0. The fourth-order valence-corrected chi connectivity index (χ4v) is 4.92. The number of aliphatic imine (C=N–C) groups is 1. The number of aromatic amines is 1. The van der Waals surface area contributed by atoms with Crippen LogP contribution in [0.15, 0.2) is 64.9 Å². The number of nitrogens with one attached hydrogen (secondary N) is 1. The highest BCUT2D eigenvalue weighted by Crippen LogP contribution is 2.34. The van der Waals surface area contributed by atoms with E-state index in [1.807, 2.05) is 18.2 Å². The Balaban J connectivity index is 1.62. The Morgan fingerprint density at radius 3 is 2.67 bits per heavy atom. The normalized spacial score (nSPS) is 19.4. The highest BCUT2D eigenvalue weighted by molar-refractivity contribution is 6.24. The number of carbonyl (C=O) groups is 1. The molecule has 1 unspecified atom stereocenters. The van der Waals surface area contributed by atoms with E-state index in [1.54, 1.807) is 0 Å². The van der Waals surface area contributed by atoms with E-state index in [1.165, 1.54) is 22.2 Å². The zero-order valence-corrected chi connectivity index (χ0v) is 19.9. The van der Waals surface area contributed by atoms with Crippen LogP contribution in [0.2, 0.25) is 0 Å². The van der Waals surface area contributed by atoms with Gasteiger partial charge in [0.1, 0.15) is 5.76 Å². The first-order valence-corrected chi connectivity index (χ1v) is 12.1. The molecule has 4 rings (SSSR count). The third-order valence-electron chi connectivity index (χ3n) is 6.71. The average Bonchev–Trinajstić information content (AvgIpc) is 3.12. The Morgan fingerprint density at radius 2 is 1.91 bits per heavy atom. The topological polar surface area (TPSA) is 65.4 Å². The molecule has 1 fully saturated rings. The lowest BCUT2D eigenvalue weighted by molar-refractivity contribution is -0.116. The molecule has 4 heteroatoms. The Kier molecular flexibility index (Phi) is 7.12. The fourth-order valence-electron chi connectivity index (χ4n) is 4.92. The maximum absolute atomic E-state index is 13.1. The Bertz CT molecular complexity index is 1200. The van der Waals surface area contributed by atoms with Crippen molar-refractivity contribution in [2.24, 2.45) is 4.99 Å². The van der Waals surface area contributed by atoms with Crippen LogP contribution in [0, 0.1) is 13.8 Å². The van der Waals surface area contributed by atoms with Crippen LogP contribution in [0.5, 0.6) is 0 Å². The minimum atomic E-state index is 0.0151. The Morgan fingerprint density at radius 1 is 1.12 bits per heavy atom. The molecule has 4 nitrogen and oxygen atoms in total. The van der Waals surface area contributed by atoms with Gasteiger partial charge in [0.25, 0.3) is 0 Å². The smallest absolute Gasteiger partial charge is 0.168 e. The van der Waals surface area contributed by atoms with Crippen LogP contribution in [0.25, 0.3) is 10.9 Å². The predicted octanol–water partition coefficient (Wildman–Crippen LogP) is 6.92. The molecular formula is C29H34N2O2. The van der Waals surface area contributed by atoms with Crippen LogP contribution in [0.3, 0.4) is 0 Å². The van der Waals surface area contributed by atoms with E-state index in [2.05, 4.69) is 56.1 Å². The monoisotopic (exact) mass is 442 g/mol. The molecule has 0 amide bonds. The van der Waals surface area contributed by atoms with Crippen molar-refractivity contribution in [1.82, 2.24) is 4.98 Å². The maximum atomic E-state index is 13.1. The molecule has 0 aliphatic heterocycles. The van der Waals surface area contributed by atoms with Gasteiger partial charge in [-0.3, -0.25) is 9.79 Å². The number of aliphatic hydroxyl groups is 1. The number of benzene rings is 2. The largest absolute Gasteiger partial charge is 0.511 e. The number of hydrogen-bond donors (Lipinski definition) is 2. The van der Waals surface area contributed by atoms with Gasteiger partial charge in [0.2, 0.25) is 0 Å². The number of aryl methyl sites for hydroxylation is 2. The SMILES string of the molecule is CCCC/C(O)=C1\C(=O)CC(c2ccccc2)CC1=NCCc1c(C)[nH]c2ccc(C)cc12. The van der Waals surface area contributed by atoms with Gasteiger partial charge in [-0.2, -0.15) is 0 Å². The van der Waals surface area contributed by atoms with E-state index in [9.17, 15) is 9.90 Å². The summed E-state index contributed by atoms with van der Waals surface area (Å²) < 4.78 is 0. The van der Waals surface area contributed by atoms with E-state index < -0.39 is 0 Å². The summed E-state index contributed by atoms with van der Waals surface area (Å²) in [7, 11) is 0. The van der Waals surface area contributed by atoms with Gasteiger partial charge in [0.15, 0.2) is 5.78 Å². The molecule has 1 aliphatic carbocycles. The molecule has 3 aromatic rings. The quantitative estimate of drug-likeness (QED) is 0.308. The minimum absolute atomic E-state index is 0.0151. The molecule has 1 aliphatic rings. The number of aromatic nitrogens is 1. The molecule has 1 aromatic heterocycles. The van der Waals surface area contributed by atoms with Gasteiger partial charge in [-0.05, 0) is 62.3 Å². The molecule has 172 valence electrons. The van der Waals surface area contributed by atoms with Gasteiger partial charge >= 0.3 is 0 Å². The van der Waals surface area contributed by atoms with Crippen molar-refractivity contribution < 1.29 is 9.90 Å². The standard InChI is InChI=1S/C29H34N2O2/c1-4-5-11-27(32)29-26(17-22(18-28(29)33)21-9-7-6-8-10-21)30-15-14-23-20(3)31-25-13-12-19(2)16-24(23)25/h6-10,12-13,16,22,31-32H,4-5,11,14-15,17-18H2,1-3H3/b29-27+,30-26?. The number of fused-ring (bicyclic) bond motifs is 1. The van der Waals surface area contributed by atoms with Crippen LogP contribution in [0.4, 0.5) is 0 Å². The maximum Gasteiger partial charge on any atom is 0.168 e. The van der Waals surface area contributed by atoms with Crippen molar-refractivity contribution in [3.05, 3.63) is 82.2 Å². The number of rotatable bonds is 7. The highest BCUT2D eigenvalue weighted by atomic mass is 16.3. The van der Waals surface area contributed by atoms with Crippen molar-refractivity contribution in [3.63, 3.8) is 0 Å². The van der Waals surface area contributed by atoms with Crippen LogP contribution >= 0.6 is 0 Å². The summed E-state index contributed by atoms with van der Waals surface area (Å²) in [4.78, 5) is 21.6.